The summed E-state index contributed by atoms with van der Waals surface area (Å²) in [6, 6.07) is 1.68. The molecule has 12 heteroatoms. The van der Waals surface area contributed by atoms with Crippen LogP contribution in [0, 0.1) is 11.8 Å². The highest BCUT2D eigenvalue weighted by molar-refractivity contribution is 6.30. The van der Waals surface area contributed by atoms with Gasteiger partial charge in [0.25, 0.3) is 0 Å². The molecule has 0 spiro atoms. The van der Waals surface area contributed by atoms with Crippen molar-refractivity contribution < 1.29 is 14.0 Å². The molecule has 1 aliphatic carbocycles. The van der Waals surface area contributed by atoms with Gasteiger partial charge in [0.05, 0.1) is 11.1 Å². The number of pyridine rings is 1. The monoisotopic (exact) mass is 542 g/mol. The Kier molecular flexibility index (Phi) is 6.81. The number of alkyl halides is 1. The maximum Gasteiger partial charge on any atom is 0.427 e. The number of imidazole rings is 1. The average Bonchev–Trinajstić information content (AvgIpc) is 3.65. The van der Waals surface area contributed by atoms with E-state index < -0.39 is 18.9 Å². The van der Waals surface area contributed by atoms with Gasteiger partial charge in [0.2, 0.25) is 5.95 Å². The van der Waals surface area contributed by atoms with Crippen molar-refractivity contribution in [2.24, 2.45) is 11.8 Å². The third-order valence-electron chi connectivity index (χ3n) is 8.28. The van der Waals surface area contributed by atoms with Gasteiger partial charge in [-0.2, -0.15) is 4.98 Å². The molecule has 0 bridgehead atoms. The second-order valence-corrected chi connectivity index (χ2v) is 11.2. The highest BCUT2D eigenvalue weighted by Crippen LogP contribution is 2.42. The molecule has 2 unspecified atom stereocenters. The molecule has 3 aromatic rings. The van der Waals surface area contributed by atoms with Crippen molar-refractivity contribution in [1.82, 2.24) is 35.3 Å². The number of amides is 1. The minimum atomic E-state index is -0.742. The lowest BCUT2D eigenvalue weighted by Crippen LogP contribution is -2.34. The van der Waals surface area contributed by atoms with Gasteiger partial charge in [-0.3, -0.25) is 10.3 Å². The summed E-state index contributed by atoms with van der Waals surface area (Å²) in [5.74, 6) is 2.19. The smallest absolute Gasteiger partial charge is 0.351 e. The Morgan fingerprint density at radius 3 is 2.71 bits per heavy atom. The Labute approximate surface area is 225 Å². The van der Waals surface area contributed by atoms with E-state index in [1.54, 1.807) is 12.4 Å². The van der Waals surface area contributed by atoms with Gasteiger partial charge in [0, 0.05) is 30.5 Å². The van der Waals surface area contributed by atoms with Crippen LogP contribution in [0.3, 0.4) is 0 Å². The first-order valence-electron chi connectivity index (χ1n) is 13.4. The van der Waals surface area contributed by atoms with Crippen LogP contribution in [0.4, 0.5) is 15.1 Å². The topological polar surface area (TPSA) is 110 Å². The van der Waals surface area contributed by atoms with Crippen LogP contribution in [0.25, 0.3) is 22.4 Å². The van der Waals surface area contributed by atoms with Crippen molar-refractivity contribution in [1.29, 1.82) is 0 Å². The van der Waals surface area contributed by atoms with E-state index in [0.717, 1.165) is 43.7 Å². The Morgan fingerprint density at radius 1 is 1.18 bits per heavy atom. The van der Waals surface area contributed by atoms with E-state index in [9.17, 15) is 9.18 Å². The SMILES string of the molecule is CC1CCC(C(C)n2c(N3CCC[C@H]3CF)nc3nc(C4NOC(=O)N4)nc(-c4cncc(Cl)c4)c32)CC1. The van der Waals surface area contributed by atoms with Gasteiger partial charge in [-0.1, -0.05) is 31.4 Å². The molecule has 202 valence electrons. The third-order valence-corrected chi connectivity index (χ3v) is 8.48. The molecular formula is C26H32ClFN8O2. The quantitative estimate of drug-likeness (QED) is 0.442. The van der Waals surface area contributed by atoms with E-state index in [1.165, 1.54) is 12.8 Å². The lowest BCUT2D eigenvalue weighted by Gasteiger charge is -2.34. The van der Waals surface area contributed by atoms with Crippen LogP contribution in [0.15, 0.2) is 18.5 Å². The second-order valence-electron chi connectivity index (χ2n) is 10.8. The van der Waals surface area contributed by atoms with Crippen molar-refractivity contribution in [2.75, 3.05) is 18.1 Å². The van der Waals surface area contributed by atoms with E-state index in [-0.39, 0.29) is 12.1 Å². The van der Waals surface area contributed by atoms with Gasteiger partial charge in [0.15, 0.2) is 17.6 Å². The first kappa shape index (κ1) is 25.2. The Balaban J connectivity index is 1.57. The summed E-state index contributed by atoms with van der Waals surface area (Å²) in [6.45, 7) is 4.84. The molecule has 3 aliphatic rings. The number of hydroxylamine groups is 1. The number of carbonyl (C=O) groups is 1. The summed E-state index contributed by atoms with van der Waals surface area (Å²) < 4.78 is 16.3. The van der Waals surface area contributed by atoms with Crippen molar-refractivity contribution in [3.05, 3.63) is 29.3 Å². The summed E-state index contributed by atoms with van der Waals surface area (Å²) in [5.41, 5.74) is 5.17. The van der Waals surface area contributed by atoms with E-state index in [0.29, 0.717) is 39.6 Å². The van der Waals surface area contributed by atoms with E-state index in [1.807, 2.05) is 6.07 Å². The summed E-state index contributed by atoms with van der Waals surface area (Å²) in [5, 5.41) is 3.14. The van der Waals surface area contributed by atoms with Gasteiger partial charge >= 0.3 is 6.09 Å². The minimum Gasteiger partial charge on any atom is -0.351 e. The maximum atomic E-state index is 14.1. The summed E-state index contributed by atoms with van der Waals surface area (Å²) in [4.78, 5) is 37.7. The molecule has 38 heavy (non-hydrogen) atoms. The van der Waals surface area contributed by atoms with Crippen LogP contribution in [-0.2, 0) is 4.84 Å². The van der Waals surface area contributed by atoms with Gasteiger partial charge < -0.3 is 14.3 Å². The number of nitrogens with one attached hydrogen (secondary N) is 2. The maximum absolute atomic E-state index is 14.1. The molecule has 1 saturated carbocycles. The summed E-state index contributed by atoms with van der Waals surface area (Å²) >= 11 is 6.35. The van der Waals surface area contributed by atoms with Crippen molar-refractivity contribution in [3.8, 4) is 11.3 Å². The fourth-order valence-corrected chi connectivity index (χ4v) is 6.29. The molecule has 3 atom stereocenters. The Bertz CT molecular complexity index is 1340. The molecule has 2 aliphatic heterocycles. The van der Waals surface area contributed by atoms with Gasteiger partial charge in [-0.15, -0.1) is 5.48 Å². The van der Waals surface area contributed by atoms with Crippen LogP contribution in [-0.4, -0.2) is 49.9 Å². The Morgan fingerprint density at radius 2 is 2.00 bits per heavy atom. The van der Waals surface area contributed by atoms with Gasteiger partial charge in [-0.05, 0) is 50.5 Å². The molecule has 2 saturated heterocycles. The number of halogens is 2. The largest absolute Gasteiger partial charge is 0.427 e. The normalized spacial score (nSPS) is 26.5. The van der Waals surface area contributed by atoms with E-state index in [4.69, 9.17) is 31.4 Å². The molecule has 0 aromatic carbocycles. The van der Waals surface area contributed by atoms with Gasteiger partial charge in [0.1, 0.15) is 17.9 Å². The molecule has 5 heterocycles. The molecule has 1 amide bonds. The van der Waals surface area contributed by atoms with Crippen LogP contribution in [0.2, 0.25) is 5.02 Å². The standard InChI is InChI=1S/C26H32ClFN8O2/c1-14-5-7-16(8-6-14)15(2)36-21-20(17-10-18(27)13-29-12-17)30-23(24-33-26(37)38-34-24)31-22(21)32-25(36)35-9-3-4-19(35)11-28/h10,12-16,19,24,34H,3-9,11H2,1-2H3,(H,33,37)/t14?,15?,16?,19-,24?/m0/s1. The predicted molar refractivity (Wildman–Crippen MR) is 141 cm³/mol. The molecule has 10 nitrogen and oxygen atoms in total. The van der Waals surface area contributed by atoms with Crippen LogP contribution >= 0.6 is 11.6 Å². The zero-order valence-corrected chi connectivity index (χ0v) is 22.3. The Hall–Kier alpha value is -3.05. The molecule has 3 fully saturated rings. The fourth-order valence-electron chi connectivity index (χ4n) is 6.11. The van der Waals surface area contributed by atoms with Crippen molar-refractivity contribution in [3.63, 3.8) is 0 Å². The van der Waals surface area contributed by atoms with Crippen LogP contribution in [0.1, 0.15) is 70.4 Å². The van der Waals surface area contributed by atoms with Crippen LogP contribution in [0.5, 0.6) is 0 Å². The number of carbonyl (C=O) groups excluding carboxylic acids is 1. The first-order chi connectivity index (χ1) is 18.4. The molecule has 6 rings (SSSR count). The number of fused-ring (bicyclic) bond motifs is 1. The van der Waals surface area contributed by atoms with Crippen molar-refractivity contribution in [2.45, 2.75) is 70.6 Å². The zero-order valence-electron chi connectivity index (χ0n) is 21.5. The second kappa shape index (κ2) is 10.3. The molecule has 3 aromatic heterocycles. The van der Waals surface area contributed by atoms with E-state index in [2.05, 4.69) is 39.1 Å². The number of nitrogens with zero attached hydrogens (tertiary/aromatic N) is 6. The highest BCUT2D eigenvalue weighted by Gasteiger charge is 2.36. The average molecular weight is 543 g/mol. The first-order valence-corrected chi connectivity index (χ1v) is 13.8. The number of anilines is 1. The lowest BCUT2D eigenvalue weighted by atomic mass is 9.79. The molecule has 2 N–H and O–H groups in total. The number of hydrogen-bond donors (Lipinski definition) is 2. The fraction of sp³-hybridized carbons (Fsp3) is 0.577. The third kappa shape index (κ3) is 4.55. The predicted octanol–water partition coefficient (Wildman–Crippen LogP) is 5.11. The van der Waals surface area contributed by atoms with Crippen molar-refractivity contribution >= 4 is 34.8 Å². The summed E-state index contributed by atoms with van der Waals surface area (Å²) in [7, 11) is 0. The zero-order chi connectivity index (χ0) is 26.4. The molecular weight excluding hydrogens is 511 g/mol. The highest BCUT2D eigenvalue weighted by atomic mass is 35.5. The minimum absolute atomic E-state index is 0.0938. The van der Waals surface area contributed by atoms with E-state index >= 15 is 0 Å². The number of rotatable bonds is 6. The summed E-state index contributed by atoms with van der Waals surface area (Å²) in [6.07, 6.45) is 8.23. The lowest BCUT2D eigenvalue weighted by molar-refractivity contribution is 0.120. The molecule has 0 radical (unpaired) electrons. The number of aromatic nitrogens is 5. The van der Waals surface area contributed by atoms with Gasteiger partial charge in [-0.25, -0.2) is 19.2 Å². The number of hydrogen-bond acceptors (Lipinski definition) is 8. The van der Waals surface area contributed by atoms with Crippen LogP contribution < -0.4 is 15.7 Å².